The molecule has 0 aliphatic carbocycles. The molecule has 9 heteroatoms. The molecular weight excluding hydrogens is 548 g/mol. The molecule has 0 amide bonds. The van der Waals surface area contributed by atoms with Crippen molar-refractivity contribution < 1.29 is 28.5 Å². The van der Waals surface area contributed by atoms with Crippen LogP contribution in [0.2, 0.25) is 0 Å². The third kappa shape index (κ3) is 5.80. The van der Waals surface area contributed by atoms with Gasteiger partial charge in [0.2, 0.25) is 0 Å². The summed E-state index contributed by atoms with van der Waals surface area (Å²) < 4.78 is 41.5. The molecule has 4 atom stereocenters. The molecule has 37 heavy (non-hydrogen) atoms. The molecule has 3 rings (SSSR count). The Balaban J connectivity index is 2.39. The van der Waals surface area contributed by atoms with Crippen LogP contribution in [0.4, 0.5) is 13.2 Å². The van der Waals surface area contributed by atoms with E-state index in [1.807, 2.05) is 0 Å². The molecule has 3 aromatic rings. The maximum atomic E-state index is 13.9. The van der Waals surface area contributed by atoms with Gasteiger partial charge in [-0.05, 0) is 78.8 Å². The fraction of sp³-hybridized carbons (Fsp3) is 0.357. The summed E-state index contributed by atoms with van der Waals surface area (Å²) in [7, 11) is 0. The van der Waals surface area contributed by atoms with Crippen LogP contribution in [0.25, 0.3) is 0 Å². The molecular formula is C28H28Cl3F3O3. The van der Waals surface area contributed by atoms with Crippen LogP contribution >= 0.6 is 34.8 Å². The fourth-order valence-electron chi connectivity index (χ4n) is 4.84. The maximum absolute atomic E-state index is 13.9. The lowest BCUT2D eigenvalue weighted by Gasteiger charge is -2.55. The van der Waals surface area contributed by atoms with Gasteiger partial charge in [0.25, 0.3) is 0 Å². The average Bonchev–Trinajstić information content (AvgIpc) is 2.90. The molecule has 0 heterocycles. The third-order valence-electron chi connectivity index (χ3n) is 6.75. The van der Waals surface area contributed by atoms with Crippen molar-refractivity contribution >= 4 is 34.8 Å². The normalized spacial score (nSPS) is 17.4. The van der Waals surface area contributed by atoms with Gasteiger partial charge in [-0.15, -0.1) is 34.8 Å². The lowest BCUT2D eigenvalue weighted by molar-refractivity contribution is -0.166. The van der Waals surface area contributed by atoms with Gasteiger partial charge in [0.1, 0.15) is 39.6 Å². The van der Waals surface area contributed by atoms with E-state index in [1.54, 1.807) is 0 Å². The summed E-state index contributed by atoms with van der Waals surface area (Å²) in [6.45, 7) is 0. The summed E-state index contributed by atoms with van der Waals surface area (Å²) in [6, 6.07) is 14.5. The van der Waals surface area contributed by atoms with Crippen LogP contribution in [-0.2, 0) is 11.2 Å². The van der Waals surface area contributed by atoms with Crippen molar-refractivity contribution in [2.75, 3.05) is 11.8 Å². The Kier molecular flexibility index (Phi) is 9.95. The Morgan fingerprint density at radius 2 is 0.946 bits per heavy atom. The Hall–Kier alpha value is -1.80. The van der Waals surface area contributed by atoms with Crippen LogP contribution in [0.15, 0.2) is 72.8 Å². The zero-order valence-electron chi connectivity index (χ0n) is 19.9. The first-order valence-electron chi connectivity index (χ1n) is 11.7. The Morgan fingerprint density at radius 1 is 0.622 bits per heavy atom. The highest BCUT2D eigenvalue weighted by molar-refractivity contribution is 6.26. The highest BCUT2D eigenvalue weighted by Gasteiger charge is 2.66. The molecule has 3 aromatic carbocycles. The van der Waals surface area contributed by atoms with Gasteiger partial charge in [-0.1, -0.05) is 36.4 Å². The fourth-order valence-corrected chi connectivity index (χ4v) is 5.64. The molecule has 0 aliphatic heterocycles. The molecule has 0 saturated heterocycles. The number of halogens is 6. The second kappa shape index (κ2) is 12.4. The lowest BCUT2D eigenvalue weighted by atomic mass is 9.62. The quantitative estimate of drug-likeness (QED) is 0.205. The molecule has 0 bridgehead atoms. The van der Waals surface area contributed by atoms with E-state index in [1.165, 1.54) is 36.4 Å². The average molecular weight is 576 g/mol. The number of alkyl halides is 3. The molecule has 0 aromatic heterocycles. The summed E-state index contributed by atoms with van der Waals surface area (Å²) in [5.41, 5.74) is -4.11. The van der Waals surface area contributed by atoms with Crippen molar-refractivity contribution in [3.8, 4) is 0 Å². The van der Waals surface area contributed by atoms with Gasteiger partial charge < -0.3 is 15.3 Å². The van der Waals surface area contributed by atoms with E-state index in [0.717, 1.165) is 36.4 Å². The Bertz CT molecular complexity index is 1080. The van der Waals surface area contributed by atoms with E-state index in [2.05, 4.69) is 0 Å². The van der Waals surface area contributed by atoms with Gasteiger partial charge in [-0.25, -0.2) is 13.2 Å². The summed E-state index contributed by atoms with van der Waals surface area (Å²) in [4.78, 5) is -2.38. The van der Waals surface area contributed by atoms with Gasteiger partial charge in [0.15, 0.2) is 0 Å². The van der Waals surface area contributed by atoms with Crippen molar-refractivity contribution in [3.63, 3.8) is 0 Å². The number of benzene rings is 3. The van der Waals surface area contributed by atoms with Crippen LogP contribution < -0.4 is 0 Å². The Morgan fingerprint density at radius 3 is 1.27 bits per heavy atom. The molecule has 3 nitrogen and oxygen atoms in total. The molecule has 3 unspecified atom stereocenters. The van der Waals surface area contributed by atoms with Crippen molar-refractivity contribution in [2.45, 2.75) is 47.9 Å². The molecule has 0 saturated carbocycles. The van der Waals surface area contributed by atoms with Crippen molar-refractivity contribution in [1.29, 1.82) is 0 Å². The van der Waals surface area contributed by atoms with Crippen LogP contribution in [0.5, 0.6) is 0 Å². The van der Waals surface area contributed by atoms with E-state index >= 15 is 0 Å². The Labute approximate surface area is 229 Å². The summed E-state index contributed by atoms with van der Waals surface area (Å²) in [5.74, 6) is -1.49. The second-order valence-electron chi connectivity index (χ2n) is 8.99. The van der Waals surface area contributed by atoms with E-state index in [4.69, 9.17) is 34.8 Å². The summed E-state index contributed by atoms with van der Waals surface area (Å²) in [5, 5.41) is 36.7. The van der Waals surface area contributed by atoms with E-state index < -0.39 is 39.6 Å². The highest BCUT2D eigenvalue weighted by atomic mass is 35.5. The minimum absolute atomic E-state index is 0.106. The maximum Gasteiger partial charge on any atom is 0.140 e. The predicted molar refractivity (Wildman–Crippen MR) is 140 cm³/mol. The van der Waals surface area contributed by atoms with Crippen LogP contribution in [0.1, 0.15) is 48.5 Å². The van der Waals surface area contributed by atoms with E-state index in [-0.39, 0.29) is 54.1 Å². The van der Waals surface area contributed by atoms with Crippen molar-refractivity contribution in [2.24, 2.45) is 0 Å². The highest BCUT2D eigenvalue weighted by Crippen LogP contribution is 2.59. The van der Waals surface area contributed by atoms with Gasteiger partial charge in [0, 0.05) is 11.8 Å². The predicted octanol–water partition coefficient (Wildman–Crippen LogP) is 6.93. The standard InChI is InChI=1S/C28H28Cl3F3O3/c29-17-1-15-26(36,20-5-11-23(33)12-6-20)28(31,25(35)19-3-9-22(32)10-4-19)27(37,16-2-18-30)21-7-13-24(34)14-8-21/h3-14,25,35-37H,1-2,15-18H2/t25?,26-,27?,28?/m1/s1. The molecule has 0 aliphatic rings. The van der Waals surface area contributed by atoms with Crippen molar-refractivity contribution in [1.82, 2.24) is 0 Å². The molecule has 0 fully saturated rings. The molecule has 3 N–H and O–H groups in total. The van der Waals surface area contributed by atoms with Crippen LogP contribution in [-0.4, -0.2) is 32.0 Å². The van der Waals surface area contributed by atoms with Gasteiger partial charge in [-0.2, -0.15) is 0 Å². The monoisotopic (exact) mass is 574 g/mol. The lowest BCUT2D eigenvalue weighted by Crippen LogP contribution is -2.64. The first-order valence-corrected chi connectivity index (χ1v) is 13.2. The van der Waals surface area contributed by atoms with Gasteiger partial charge in [-0.3, -0.25) is 0 Å². The zero-order chi connectivity index (χ0) is 27.3. The first kappa shape index (κ1) is 29.8. The molecule has 0 spiro atoms. The minimum atomic E-state index is -2.38. The zero-order valence-corrected chi connectivity index (χ0v) is 22.1. The van der Waals surface area contributed by atoms with Gasteiger partial charge >= 0.3 is 0 Å². The number of aliphatic hydroxyl groups is 3. The second-order valence-corrected chi connectivity index (χ2v) is 10.3. The van der Waals surface area contributed by atoms with Gasteiger partial charge in [0.05, 0.1) is 0 Å². The van der Waals surface area contributed by atoms with Crippen LogP contribution in [0, 0.1) is 17.5 Å². The first-order chi connectivity index (χ1) is 17.5. The SMILES string of the molecule is OC(c1ccc(F)cc1)C(Cl)(C(O)(CCCCl)c1ccc(F)cc1)[C@@](O)(CCCCl)c1ccc(F)cc1. The van der Waals surface area contributed by atoms with E-state index in [0.29, 0.717) is 0 Å². The molecule has 0 radical (unpaired) electrons. The topological polar surface area (TPSA) is 60.7 Å². The van der Waals surface area contributed by atoms with Crippen molar-refractivity contribution in [3.05, 3.63) is 107 Å². The smallest absolute Gasteiger partial charge is 0.140 e. The number of hydrogen-bond donors (Lipinski definition) is 3. The summed E-state index contributed by atoms with van der Waals surface area (Å²) in [6.07, 6.45) is -1.68. The number of hydrogen-bond acceptors (Lipinski definition) is 3. The third-order valence-corrected chi connectivity index (χ3v) is 8.12. The molecule has 200 valence electrons. The van der Waals surface area contributed by atoms with E-state index in [9.17, 15) is 28.5 Å². The number of rotatable bonds is 12. The number of aliphatic hydroxyl groups excluding tert-OH is 1. The van der Waals surface area contributed by atoms with Crippen LogP contribution in [0.3, 0.4) is 0 Å². The minimum Gasteiger partial charge on any atom is -0.386 e. The largest absolute Gasteiger partial charge is 0.386 e. The summed E-state index contributed by atoms with van der Waals surface area (Å²) >= 11 is 19.3.